The van der Waals surface area contributed by atoms with E-state index in [2.05, 4.69) is 38.5 Å². The van der Waals surface area contributed by atoms with Crippen molar-refractivity contribution in [3.63, 3.8) is 0 Å². The van der Waals surface area contributed by atoms with Gasteiger partial charge in [0.25, 0.3) is 0 Å². The van der Waals surface area contributed by atoms with E-state index >= 15 is 0 Å². The maximum absolute atomic E-state index is 12.3. The summed E-state index contributed by atoms with van der Waals surface area (Å²) in [5.41, 5.74) is 0.358. The summed E-state index contributed by atoms with van der Waals surface area (Å²) in [5, 5.41) is 0.841. The average molecular weight is 450 g/mol. The molecule has 0 aliphatic heterocycles. The zero-order chi connectivity index (χ0) is 15.1. The van der Waals surface area contributed by atoms with Gasteiger partial charge < -0.3 is 4.74 Å². The summed E-state index contributed by atoms with van der Waals surface area (Å²) < 4.78 is 8.32. The number of carbonyl (C=O) groups is 2. The van der Waals surface area contributed by atoms with E-state index in [1.54, 1.807) is 26.8 Å². The fraction of sp³-hybridized carbons (Fsp3) is 0.286. The van der Waals surface area contributed by atoms with Crippen LogP contribution in [0, 0.1) is 3.57 Å². The van der Waals surface area contributed by atoms with Crippen molar-refractivity contribution < 1.29 is 14.3 Å². The van der Waals surface area contributed by atoms with E-state index < -0.39 is 11.7 Å². The summed E-state index contributed by atoms with van der Waals surface area (Å²) in [4.78, 5) is 23.6. The highest BCUT2D eigenvalue weighted by molar-refractivity contribution is 14.1. The van der Waals surface area contributed by atoms with Gasteiger partial charge in [0, 0.05) is 9.86 Å². The molecule has 1 aromatic carbocycles. The van der Waals surface area contributed by atoms with Crippen LogP contribution in [0.4, 0.5) is 4.79 Å². The Labute approximate surface area is 138 Å². The van der Waals surface area contributed by atoms with E-state index in [0.717, 1.165) is 13.4 Å². The van der Waals surface area contributed by atoms with Crippen molar-refractivity contribution in [1.82, 2.24) is 4.57 Å². The van der Waals surface area contributed by atoms with E-state index in [0.29, 0.717) is 17.5 Å². The van der Waals surface area contributed by atoms with Gasteiger partial charge in [-0.1, -0.05) is 15.9 Å². The third-order valence-electron chi connectivity index (χ3n) is 2.59. The zero-order valence-electron chi connectivity index (χ0n) is 11.2. The van der Waals surface area contributed by atoms with Crippen LogP contribution >= 0.6 is 38.5 Å². The lowest BCUT2D eigenvalue weighted by Gasteiger charge is -2.20. The van der Waals surface area contributed by atoms with Crippen molar-refractivity contribution >= 4 is 61.8 Å². The lowest BCUT2D eigenvalue weighted by atomic mass is 10.2. The van der Waals surface area contributed by atoms with Crippen molar-refractivity contribution in [1.29, 1.82) is 0 Å². The number of aldehydes is 1. The number of rotatable bonds is 1. The van der Waals surface area contributed by atoms with Gasteiger partial charge in [0.15, 0.2) is 6.29 Å². The van der Waals surface area contributed by atoms with E-state index in [4.69, 9.17) is 4.74 Å². The molecule has 0 amide bonds. The molecule has 2 aromatic rings. The first-order valence-corrected chi connectivity index (χ1v) is 7.80. The SMILES string of the molecule is CC(C)(C)OC(=O)n1c(C=O)c(I)c2cc(Br)ccc21. The highest BCUT2D eigenvalue weighted by Gasteiger charge is 2.24. The summed E-state index contributed by atoms with van der Waals surface area (Å²) in [6, 6.07) is 5.50. The highest BCUT2D eigenvalue weighted by atomic mass is 127. The second-order valence-corrected chi connectivity index (χ2v) is 7.29. The van der Waals surface area contributed by atoms with Gasteiger partial charge in [-0.25, -0.2) is 9.36 Å². The van der Waals surface area contributed by atoms with Crippen LogP contribution in [-0.2, 0) is 4.74 Å². The van der Waals surface area contributed by atoms with Gasteiger partial charge in [-0.05, 0) is 61.6 Å². The molecule has 106 valence electrons. The lowest BCUT2D eigenvalue weighted by Crippen LogP contribution is -2.28. The molecular formula is C14H13BrINO3. The molecule has 0 radical (unpaired) electrons. The minimum absolute atomic E-state index is 0.313. The Morgan fingerprint density at radius 3 is 2.60 bits per heavy atom. The van der Waals surface area contributed by atoms with Gasteiger partial charge >= 0.3 is 6.09 Å². The Morgan fingerprint density at radius 2 is 2.05 bits per heavy atom. The molecule has 6 heteroatoms. The molecular weight excluding hydrogens is 437 g/mol. The molecule has 0 aliphatic carbocycles. The summed E-state index contributed by atoms with van der Waals surface area (Å²) in [7, 11) is 0. The fourth-order valence-electron chi connectivity index (χ4n) is 1.85. The zero-order valence-corrected chi connectivity index (χ0v) is 15.0. The van der Waals surface area contributed by atoms with Crippen LogP contribution in [0.3, 0.4) is 0 Å². The maximum Gasteiger partial charge on any atom is 0.419 e. The molecule has 20 heavy (non-hydrogen) atoms. The average Bonchev–Trinajstić information content (AvgIpc) is 2.60. The van der Waals surface area contributed by atoms with Crippen LogP contribution in [0.5, 0.6) is 0 Å². The van der Waals surface area contributed by atoms with E-state index in [-0.39, 0.29) is 0 Å². The smallest absolute Gasteiger partial charge is 0.419 e. The van der Waals surface area contributed by atoms with Crippen LogP contribution in [0.25, 0.3) is 10.9 Å². The number of benzene rings is 1. The molecule has 0 spiro atoms. The van der Waals surface area contributed by atoms with E-state index in [1.165, 1.54) is 4.57 Å². The van der Waals surface area contributed by atoms with Gasteiger partial charge in [0.05, 0.1) is 9.09 Å². The van der Waals surface area contributed by atoms with Gasteiger partial charge in [0.2, 0.25) is 0 Å². The molecule has 0 N–H and O–H groups in total. The minimum Gasteiger partial charge on any atom is -0.443 e. The van der Waals surface area contributed by atoms with Crippen molar-refractivity contribution in [2.24, 2.45) is 0 Å². The minimum atomic E-state index is -0.616. The van der Waals surface area contributed by atoms with Gasteiger partial charge in [-0.3, -0.25) is 4.79 Å². The number of hydrogen-bond donors (Lipinski definition) is 0. The van der Waals surface area contributed by atoms with E-state index in [1.807, 2.05) is 12.1 Å². The molecule has 0 fully saturated rings. The molecule has 4 nitrogen and oxygen atoms in total. The number of hydrogen-bond acceptors (Lipinski definition) is 3. The Morgan fingerprint density at radius 1 is 1.40 bits per heavy atom. The van der Waals surface area contributed by atoms with Crippen molar-refractivity contribution in [3.05, 3.63) is 31.9 Å². The lowest BCUT2D eigenvalue weighted by molar-refractivity contribution is 0.0538. The number of fused-ring (bicyclic) bond motifs is 1. The predicted octanol–water partition coefficient (Wildman–Crippen LogP) is 4.60. The number of ether oxygens (including phenoxy) is 1. The quantitative estimate of drug-likeness (QED) is 0.472. The predicted molar refractivity (Wildman–Crippen MR) is 89.4 cm³/mol. The first-order chi connectivity index (χ1) is 9.24. The summed E-state index contributed by atoms with van der Waals surface area (Å²) >= 11 is 5.46. The van der Waals surface area contributed by atoms with Gasteiger partial charge in [0.1, 0.15) is 11.3 Å². The molecule has 0 aliphatic rings. The first-order valence-electron chi connectivity index (χ1n) is 5.92. The summed E-state index contributed by atoms with van der Waals surface area (Å²) in [5.74, 6) is 0. The molecule has 0 saturated carbocycles. The molecule has 2 rings (SSSR count). The highest BCUT2D eigenvalue weighted by Crippen LogP contribution is 2.30. The topological polar surface area (TPSA) is 48.3 Å². The third-order valence-corrected chi connectivity index (χ3v) is 4.22. The largest absolute Gasteiger partial charge is 0.443 e. The van der Waals surface area contributed by atoms with Crippen molar-refractivity contribution in [2.75, 3.05) is 0 Å². The monoisotopic (exact) mass is 449 g/mol. The Kier molecular flexibility index (Phi) is 4.24. The molecule has 0 unspecified atom stereocenters. The van der Waals surface area contributed by atoms with Gasteiger partial charge in [-0.15, -0.1) is 0 Å². The normalized spacial score (nSPS) is 11.7. The third kappa shape index (κ3) is 2.90. The van der Waals surface area contributed by atoms with Crippen LogP contribution in [0.15, 0.2) is 22.7 Å². The van der Waals surface area contributed by atoms with Crippen LogP contribution in [0.2, 0.25) is 0 Å². The Balaban J connectivity index is 2.68. The summed E-state index contributed by atoms with van der Waals surface area (Å²) in [6.45, 7) is 5.37. The molecule has 1 aromatic heterocycles. The summed E-state index contributed by atoms with van der Waals surface area (Å²) in [6.07, 6.45) is 0.134. The van der Waals surface area contributed by atoms with Crippen molar-refractivity contribution in [2.45, 2.75) is 26.4 Å². The second kappa shape index (κ2) is 5.48. The molecule has 0 saturated heterocycles. The number of aromatic nitrogens is 1. The standard InChI is InChI=1S/C14H13BrINO3/c1-14(2,3)20-13(19)17-10-5-4-8(15)6-9(10)12(16)11(17)7-18/h4-7H,1-3H3. The molecule has 0 atom stereocenters. The van der Waals surface area contributed by atoms with Crippen LogP contribution < -0.4 is 0 Å². The Hall–Kier alpha value is -0.890. The van der Waals surface area contributed by atoms with Crippen molar-refractivity contribution in [3.8, 4) is 0 Å². The number of halogens is 2. The molecule has 1 heterocycles. The van der Waals surface area contributed by atoms with E-state index in [9.17, 15) is 9.59 Å². The second-order valence-electron chi connectivity index (χ2n) is 5.29. The Bertz CT molecular complexity index is 700. The van der Waals surface area contributed by atoms with Gasteiger partial charge in [-0.2, -0.15) is 0 Å². The van der Waals surface area contributed by atoms with Crippen LogP contribution in [0.1, 0.15) is 31.3 Å². The first kappa shape index (κ1) is 15.5. The maximum atomic E-state index is 12.3. The fourth-order valence-corrected chi connectivity index (χ4v) is 3.02. The number of nitrogens with zero attached hydrogens (tertiary/aromatic N) is 1. The number of carbonyl (C=O) groups excluding carboxylic acids is 2. The molecule has 0 bridgehead atoms. The van der Waals surface area contributed by atoms with Crippen LogP contribution in [-0.4, -0.2) is 22.5 Å².